The molecule has 1 N–H and O–H groups in total. The van der Waals surface area contributed by atoms with Gasteiger partial charge in [-0.15, -0.1) is 0 Å². The third-order valence-corrected chi connectivity index (χ3v) is 6.65. The Labute approximate surface area is 212 Å². The molecule has 33 heavy (non-hydrogen) atoms. The van der Waals surface area contributed by atoms with Crippen LogP contribution < -0.4 is 8.43 Å². The van der Waals surface area contributed by atoms with Crippen molar-refractivity contribution in [2.75, 3.05) is 16.8 Å². The predicted molar refractivity (Wildman–Crippen MR) is 147 cm³/mol. The van der Waals surface area contributed by atoms with Crippen LogP contribution in [0, 0.1) is 0 Å². The maximum absolute atomic E-state index is 13.3. The standard InChI is InChI=1S/C28H33IN2O2/c1-21-14-16-24(33-4)13-9-10-18-31(29)26-17-15-23(19-25(26)28(2,3)20-30-21)27(32)22-11-7-5-6-8-12-22/h5,7-8,10-19,21,30H,6,9,20H2,1-4H3/b16-14?,18-10-,24-13?. The molecule has 5 heteroatoms. The van der Waals surface area contributed by atoms with Crippen molar-refractivity contribution < 1.29 is 9.53 Å². The number of hydrogen-bond donors (Lipinski definition) is 1. The van der Waals surface area contributed by atoms with Crippen LogP contribution in [0.4, 0.5) is 5.69 Å². The monoisotopic (exact) mass is 556 g/mol. The Hall–Kier alpha value is -2.38. The SMILES string of the molecule is COC1=CC/C=C\N(I)c2ccc(C(=O)C3=CC=CCC=C3)cc2C(C)(C)CNC(C)C=C1. The molecular weight excluding hydrogens is 523 g/mol. The molecule has 174 valence electrons. The lowest BCUT2D eigenvalue weighted by Crippen LogP contribution is -2.38. The lowest BCUT2D eigenvalue weighted by molar-refractivity contribution is 0.103. The number of carbonyl (C=O) groups excluding carboxylic acids is 1. The molecule has 1 aliphatic heterocycles. The van der Waals surface area contributed by atoms with Crippen LogP contribution >= 0.6 is 22.9 Å². The summed E-state index contributed by atoms with van der Waals surface area (Å²) in [4.78, 5) is 13.3. The molecule has 0 saturated carbocycles. The summed E-state index contributed by atoms with van der Waals surface area (Å²) >= 11 is 2.32. The third kappa shape index (κ3) is 6.81. The van der Waals surface area contributed by atoms with E-state index in [1.807, 2.05) is 36.4 Å². The molecule has 2 aliphatic rings. The summed E-state index contributed by atoms with van der Waals surface area (Å²) in [6, 6.07) is 6.24. The quantitative estimate of drug-likeness (QED) is 0.255. The number of methoxy groups -OCH3 is 1. The molecule has 0 bridgehead atoms. The van der Waals surface area contributed by atoms with Gasteiger partial charge < -0.3 is 10.1 Å². The van der Waals surface area contributed by atoms with Gasteiger partial charge in [-0.2, -0.15) is 0 Å². The number of benzene rings is 1. The van der Waals surface area contributed by atoms with Crippen LogP contribution in [-0.4, -0.2) is 25.5 Å². The second kappa shape index (κ2) is 11.7. The highest BCUT2D eigenvalue weighted by atomic mass is 127. The summed E-state index contributed by atoms with van der Waals surface area (Å²) in [7, 11) is 1.70. The zero-order valence-corrected chi connectivity index (χ0v) is 22.0. The van der Waals surface area contributed by atoms with Gasteiger partial charge in [0.1, 0.15) is 5.76 Å². The van der Waals surface area contributed by atoms with E-state index in [4.69, 9.17) is 4.74 Å². The van der Waals surface area contributed by atoms with E-state index in [0.717, 1.165) is 36.4 Å². The number of nitrogens with one attached hydrogen (secondary N) is 1. The van der Waals surface area contributed by atoms with E-state index in [9.17, 15) is 4.79 Å². The molecule has 0 fully saturated rings. The third-order valence-electron chi connectivity index (χ3n) is 5.80. The molecule has 0 saturated heterocycles. The Balaban J connectivity index is 2.02. The van der Waals surface area contributed by atoms with Crippen molar-refractivity contribution in [3.63, 3.8) is 0 Å². The van der Waals surface area contributed by atoms with Crippen LogP contribution in [0.15, 0.2) is 90.4 Å². The van der Waals surface area contributed by atoms with Gasteiger partial charge in [0.2, 0.25) is 0 Å². The van der Waals surface area contributed by atoms with Gasteiger partial charge in [0.25, 0.3) is 0 Å². The number of allylic oxidation sites excluding steroid dienone is 9. The van der Waals surface area contributed by atoms with Crippen molar-refractivity contribution in [1.29, 1.82) is 0 Å². The highest BCUT2D eigenvalue weighted by Gasteiger charge is 2.27. The van der Waals surface area contributed by atoms with Gasteiger partial charge in [0, 0.05) is 35.3 Å². The molecule has 1 heterocycles. The van der Waals surface area contributed by atoms with Gasteiger partial charge in [-0.05, 0) is 55.7 Å². The summed E-state index contributed by atoms with van der Waals surface area (Å²) in [6.45, 7) is 7.33. The van der Waals surface area contributed by atoms with Crippen LogP contribution in [0.2, 0.25) is 0 Å². The Kier molecular flexibility index (Phi) is 8.92. The van der Waals surface area contributed by atoms with E-state index in [0.29, 0.717) is 11.1 Å². The first-order chi connectivity index (χ1) is 15.8. The number of carbonyl (C=O) groups is 1. The Morgan fingerprint density at radius 1 is 1.18 bits per heavy atom. The molecule has 0 radical (unpaired) electrons. The molecule has 0 spiro atoms. The highest BCUT2D eigenvalue weighted by molar-refractivity contribution is 14.1. The molecule has 1 aliphatic carbocycles. The molecule has 0 aromatic heterocycles. The number of nitrogens with zero attached hydrogens (tertiary/aromatic N) is 1. The van der Waals surface area contributed by atoms with Gasteiger partial charge in [0.15, 0.2) is 5.78 Å². The second-order valence-electron chi connectivity index (χ2n) is 8.90. The van der Waals surface area contributed by atoms with Crippen molar-refractivity contribution in [3.05, 3.63) is 102 Å². The zero-order valence-electron chi connectivity index (χ0n) is 19.8. The predicted octanol–water partition coefficient (Wildman–Crippen LogP) is 6.73. The van der Waals surface area contributed by atoms with Crippen LogP contribution in [-0.2, 0) is 10.2 Å². The van der Waals surface area contributed by atoms with E-state index in [1.54, 1.807) is 7.11 Å². The fourth-order valence-electron chi connectivity index (χ4n) is 3.76. The molecule has 0 amide bonds. The van der Waals surface area contributed by atoms with E-state index >= 15 is 0 Å². The van der Waals surface area contributed by atoms with Gasteiger partial charge in [0.05, 0.1) is 35.7 Å². The molecule has 1 atom stereocenters. The smallest absolute Gasteiger partial charge is 0.193 e. The number of fused-ring (bicyclic) bond motifs is 1. The van der Waals surface area contributed by atoms with Crippen molar-refractivity contribution in [2.45, 2.75) is 45.1 Å². The van der Waals surface area contributed by atoms with E-state index in [-0.39, 0.29) is 17.2 Å². The fraction of sp³-hybridized carbons (Fsp3) is 0.321. The number of ether oxygens (including phenoxy) is 1. The molecule has 1 aromatic rings. The molecule has 3 rings (SSSR count). The summed E-state index contributed by atoms with van der Waals surface area (Å²) in [5, 5.41) is 3.62. The van der Waals surface area contributed by atoms with Crippen LogP contribution in [0.3, 0.4) is 0 Å². The Morgan fingerprint density at radius 2 is 2.00 bits per heavy atom. The first kappa shape index (κ1) is 25.2. The Bertz CT molecular complexity index is 1040. The van der Waals surface area contributed by atoms with Gasteiger partial charge in [-0.25, -0.2) is 0 Å². The summed E-state index contributed by atoms with van der Waals surface area (Å²) in [5.74, 6) is 0.901. The van der Waals surface area contributed by atoms with Crippen molar-refractivity contribution in [3.8, 4) is 0 Å². The summed E-state index contributed by atoms with van der Waals surface area (Å²) < 4.78 is 7.57. The number of anilines is 1. The largest absolute Gasteiger partial charge is 0.497 e. The van der Waals surface area contributed by atoms with Gasteiger partial charge in [-0.1, -0.05) is 56.4 Å². The summed E-state index contributed by atoms with van der Waals surface area (Å²) in [5.41, 5.74) is 3.43. The fourth-order valence-corrected chi connectivity index (χ4v) is 4.41. The van der Waals surface area contributed by atoms with Crippen molar-refractivity contribution >= 4 is 34.3 Å². The first-order valence-electron chi connectivity index (χ1n) is 11.3. The van der Waals surface area contributed by atoms with Crippen LogP contribution in [0.25, 0.3) is 0 Å². The van der Waals surface area contributed by atoms with Gasteiger partial charge >= 0.3 is 0 Å². The van der Waals surface area contributed by atoms with E-state index in [2.05, 4.69) is 94.7 Å². The minimum Gasteiger partial charge on any atom is -0.497 e. The maximum Gasteiger partial charge on any atom is 0.193 e. The van der Waals surface area contributed by atoms with Crippen LogP contribution in [0.5, 0.6) is 0 Å². The highest BCUT2D eigenvalue weighted by Crippen LogP contribution is 2.36. The topological polar surface area (TPSA) is 41.6 Å². The maximum atomic E-state index is 13.3. The van der Waals surface area contributed by atoms with Crippen LogP contribution in [0.1, 0.15) is 49.5 Å². The van der Waals surface area contributed by atoms with Crippen molar-refractivity contribution in [2.24, 2.45) is 0 Å². The number of hydrogen-bond acceptors (Lipinski definition) is 4. The van der Waals surface area contributed by atoms with Gasteiger partial charge in [-0.3, -0.25) is 7.91 Å². The lowest BCUT2D eigenvalue weighted by atomic mass is 9.81. The average molecular weight is 556 g/mol. The average Bonchev–Trinajstić information content (AvgIpc) is 3.10. The normalized spacial score (nSPS) is 21.8. The Morgan fingerprint density at radius 3 is 2.79 bits per heavy atom. The molecule has 1 aromatic carbocycles. The number of Topliss-reactive ketones (excluding diaryl/α,β-unsaturated/α-hetero) is 1. The lowest BCUT2D eigenvalue weighted by Gasteiger charge is -2.31. The minimum atomic E-state index is -0.206. The number of rotatable bonds is 3. The second-order valence-corrected chi connectivity index (χ2v) is 9.94. The van der Waals surface area contributed by atoms with Crippen molar-refractivity contribution in [1.82, 2.24) is 5.32 Å². The molecule has 1 unspecified atom stereocenters. The van der Waals surface area contributed by atoms with E-state index < -0.39 is 0 Å². The number of ketones is 1. The minimum absolute atomic E-state index is 0.0489. The molecule has 4 nitrogen and oxygen atoms in total. The zero-order chi connectivity index (χ0) is 23.8. The molecular formula is C28H33IN2O2. The summed E-state index contributed by atoms with van der Waals surface area (Å²) in [6.07, 6.45) is 21.8. The van der Waals surface area contributed by atoms with E-state index in [1.165, 1.54) is 0 Å². The first-order valence-corrected chi connectivity index (χ1v) is 12.3. The number of halogens is 1.